The van der Waals surface area contributed by atoms with Crippen molar-refractivity contribution in [2.24, 2.45) is 0 Å². The maximum atomic E-state index is 12.5. The van der Waals surface area contributed by atoms with E-state index in [1.165, 1.54) is 0 Å². The van der Waals surface area contributed by atoms with Crippen LogP contribution in [0.5, 0.6) is 0 Å². The van der Waals surface area contributed by atoms with Crippen LogP contribution in [0.3, 0.4) is 0 Å². The zero-order valence-electron chi connectivity index (χ0n) is 13.4. The summed E-state index contributed by atoms with van der Waals surface area (Å²) in [6.45, 7) is 1.54. The van der Waals surface area contributed by atoms with Gasteiger partial charge in [-0.2, -0.15) is 0 Å². The molecule has 2 N–H and O–H groups in total. The molecule has 1 aliphatic carbocycles. The van der Waals surface area contributed by atoms with E-state index in [1.54, 1.807) is 0 Å². The van der Waals surface area contributed by atoms with Crippen molar-refractivity contribution in [1.82, 2.24) is 15.5 Å². The Labute approximate surface area is 134 Å². The summed E-state index contributed by atoms with van der Waals surface area (Å²) in [5.41, 5.74) is -0.853. The van der Waals surface area contributed by atoms with Crippen molar-refractivity contribution >= 4 is 23.8 Å². The molecular formula is C15H23N3O5. The summed E-state index contributed by atoms with van der Waals surface area (Å²) in [5, 5.41) is 5.29. The number of carbonyl (C=O) groups excluding carboxylic acids is 4. The molecule has 4 amide bonds. The Balaban J connectivity index is 1.85. The van der Waals surface area contributed by atoms with E-state index in [-0.39, 0.29) is 5.91 Å². The minimum Gasteiger partial charge on any atom is -0.454 e. The van der Waals surface area contributed by atoms with E-state index in [0.29, 0.717) is 19.4 Å². The minimum absolute atomic E-state index is 0.366. The Morgan fingerprint density at radius 1 is 1.26 bits per heavy atom. The summed E-state index contributed by atoms with van der Waals surface area (Å²) in [5.74, 6) is -1.54. The number of imide groups is 1. The van der Waals surface area contributed by atoms with Crippen molar-refractivity contribution in [3.8, 4) is 0 Å². The van der Waals surface area contributed by atoms with Gasteiger partial charge in [0.15, 0.2) is 6.61 Å². The van der Waals surface area contributed by atoms with E-state index in [4.69, 9.17) is 4.74 Å². The Kier molecular flexibility index (Phi) is 5.57. The molecule has 8 nitrogen and oxygen atoms in total. The number of hydrogen-bond acceptors (Lipinski definition) is 5. The van der Waals surface area contributed by atoms with Crippen LogP contribution in [-0.4, -0.2) is 54.0 Å². The number of hydrogen-bond donors (Lipinski definition) is 2. The van der Waals surface area contributed by atoms with Crippen molar-refractivity contribution < 1.29 is 23.9 Å². The van der Waals surface area contributed by atoms with Crippen LogP contribution in [0.1, 0.15) is 45.4 Å². The van der Waals surface area contributed by atoms with E-state index >= 15 is 0 Å². The number of carbonyl (C=O) groups is 4. The van der Waals surface area contributed by atoms with Crippen LogP contribution in [0.4, 0.5) is 4.79 Å². The van der Waals surface area contributed by atoms with Gasteiger partial charge >= 0.3 is 12.0 Å². The topological polar surface area (TPSA) is 105 Å². The molecule has 2 rings (SSSR count). The smallest absolute Gasteiger partial charge is 0.326 e. The third kappa shape index (κ3) is 4.00. The molecule has 1 heterocycles. The summed E-state index contributed by atoms with van der Waals surface area (Å²) in [4.78, 5) is 48.5. The third-order valence-electron chi connectivity index (χ3n) is 4.18. The molecule has 0 aromatic carbocycles. The predicted molar refractivity (Wildman–Crippen MR) is 80.3 cm³/mol. The van der Waals surface area contributed by atoms with Gasteiger partial charge in [0.05, 0.1) is 0 Å². The molecule has 1 spiro atoms. The van der Waals surface area contributed by atoms with E-state index in [0.717, 1.165) is 30.6 Å². The lowest BCUT2D eigenvalue weighted by molar-refractivity contribution is -0.151. The molecule has 1 saturated carbocycles. The highest BCUT2D eigenvalue weighted by atomic mass is 16.5. The fourth-order valence-corrected chi connectivity index (χ4v) is 2.95. The van der Waals surface area contributed by atoms with Crippen LogP contribution in [0, 0.1) is 0 Å². The molecule has 1 aliphatic heterocycles. The summed E-state index contributed by atoms with van der Waals surface area (Å²) >= 11 is 0. The van der Waals surface area contributed by atoms with Crippen molar-refractivity contribution in [2.75, 3.05) is 19.7 Å². The first-order chi connectivity index (χ1) is 11.0. The number of nitrogens with one attached hydrogen (secondary N) is 2. The van der Waals surface area contributed by atoms with Crippen LogP contribution in [0.2, 0.25) is 0 Å². The number of amides is 4. The van der Waals surface area contributed by atoms with Crippen molar-refractivity contribution in [3.05, 3.63) is 0 Å². The highest BCUT2D eigenvalue weighted by molar-refractivity contribution is 6.08. The summed E-state index contributed by atoms with van der Waals surface area (Å²) in [7, 11) is 0. The fraction of sp³-hybridized carbons (Fsp3) is 0.733. The first-order valence-electron chi connectivity index (χ1n) is 8.05. The SMILES string of the molecule is CCCNC(=O)COC(=O)CN1C(=O)NC2(CCCCC2)C1=O. The molecule has 2 fully saturated rings. The van der Waals surface area contributed by atoms with Gasteiger partial charge in [-0.05, 0) is 19.3 Å². The largest absolute Gasteiger partial charge is 0.454 e. The molecule has 8 heteroatoms. The Morgan fingerprint density at radius 2 is 1.96 bits per heavy atom. The van der Waals surface area contributed by atoms with Crippen LogP contribution in [0.25, 0.3) is 0 Å². The van der Waals surface area contributed by atoms with Gasteiger partial charge in [0, 0.05) is 6.54 Å². The van der Waals surface area contributed by atoms with Gasteiger partial charge in [-0.3, -0.25) is 19.3 Å². The summed E-state index contributed by atoms with van der Waals surface area (Å²) < 4.78 is 4.81. The molecule has 0 bridgehead atoms. The van der Waals surface area contributed by atoms with Gasteiger partial charge in [-0.1, -0.05) is 26.2 Å². The molecular weight excluding hydrogens is 302 g/mol. The van der Waals surface area contributed by atoms with E-state index in [2.05, 4.69) is 10.6 Å². The Hall–Kier alpha value is -2.12. The van der Waals surface area contributed by atoms with Crippen molar-refractivity contribution in [2.45, 2.75) is 51.0 Å². The lowest BCUT2D eigenvalue weighted by Gasteiger charge is -2.30. The average Bonchev–Trinajstić information content (AvgIpc) is 2.76. The van der Waals surface area contributed by atoms with Gasteiger partial charge in [-0.25, -0.2) is 4.79 Å². The molecule has 128 valence electrons. The molecule has 0 aromatic heterocycles. The number of ether oxygens (including phenoxy) is 1. The maximum absolute atomic E-state index is 12.5. The summed E-state index contributed by atoms with van der Waals surface area (Å²) in [6, 6.07) is -0.565. The normalized spacial score (nSPS) is 19.6. The van der Waals surface area contributed by atoms with Crippen LogP contribution >= 0.6 is 0 Å². The average molecular weight is 325 g/mol. The van der Waals surface area contributed by atoms with Gasteiger partial charge in [0.2, 0.25) is 0 Å². The Bertz CT molecular complexity index is 499. The quantitative estimate of drug-likeness (QED) is 0.540. The molecule has 23 heavy (non-hydrogen) atoms. The minimum atomic E-state index is -0.853. The molecule has 0 unspecified atom stereocenters. The van der Waals surface area contributed by atoms with E-state index in [9.17, 15) is 19.2 Å². The maximum Gasteiger partial charge on any atom is 0.326 e. The van der Waals surface area contributed by atoms with Crippen molar-refractivity contribution in [1.29, 1.82) is 0 Å². The second-order valence-electron chi connectivity index (χ2n) is 5.97. The zero-order valence-corrected chi connectivity index (χ0v) is 13.4. The standard InChI is InChI=1S/C15H23N3O5/c1-2-8-16-11(19)10-23-12(20)9-18-13(21)15(17-14(18)22)6-4-3-5-7-15/h2-10H2,1H3,(H,16,19)(H,17,22). The van der Waals surface area contributed by atoms with Gasteiger partial charge in [-0.15, -0.1) is 0 Å². The second kappa shape index (κ2) is 7.43. The van der Waals surface area contributed by atoms with Gasteiger partial charge < -0.3 is 15.4 Å². The van der Waals surface area contributed by atoms with Crippen LogP contribution in [-0.2, 0) is 19.1 Å². The number of nitrogens with zero attached hydrogens (tertiary/aromatic N) is 1. The van der Waals surface area contributed by atoms with Crippen LogP contribution < -0.4 is 10.6 Å². The van der Waals surface area contributed by atoms with Crippen molar-refractivity contribution in [3.63, 3.8) is 0 Å². The molecule has 1 saturated heterocycles. The van der Waals surface area contributed by atoms with E-state index in [1.807, 2.05) is 6.92 Å². The number of rotatable bonds is 6. The Morgan fingerprint density at radius 3 is 2.61 bits per heavy atom. The van der Waals surface area contributed by atoms with Gasteiger partial charge in [0.25, 0.3) is 11.8 Å². The molecule has 0 aromatic rings. The number of esters is 1. The monoisotopic (exact) mass is 325 g/mol. The summed E-state index contributed by atoms with van der Waals surface area (Å²) in [6.07, 6.45) is 4.78. The highest BCUT2D eigenvalue weighted by Gasteiger charge is 2.51. The number of urea groups is 1. The fourth-order valence-electron chi connectivity index (χ4n) is 2.95. The van der Waals surface area contributed by atoms with E-state index < -0.39 is 36.6 Å². The first-order valence-corrected chi connectivity index (χ1v) is 8.05. The third-order valence-corrected chi connectivity index (χ3v) is 4.18. The molecule has 2 aliphatic rings. The lowest BCUT2D eigenvalue weighted by Crippen LogP contribution is -2.48. The lowest BCUT2D eigenvalue weighted by atomic mass is 9.82. The van der Waals surface area contributed by atoms with Crippen LogP contribution in [0.15, 0.2) is 0 Å². The van der Waals surface area contributed by atoms with Gasteiger partial charge in [0.1, 0.15) is 12.1 Å². The predicted octanol–water partition coefficient (Wildman–Crippen LogP) is 0.311. The first kappa shape index (κ1) is 17.2. The molecule has 0 radical (unpaired) electrons. The second-order valence-corrected chi connectivity index (χ2v) is 5.97. The zero-order chi connectivity index (χ0) is 16.9. The highest BCUT2D eigenvalue weighted by Crippen LogP contribution is 2.33. The molecule has 0 atom stereocenters.